The zero-order valence-electron chi connectivity index (χ0n) is 17.2. The maximum Gasteiger partial charge on any atom is 0.00355 e. The van der Waals surface area contributed by atoms with E-state index in [-0.39, 0.29) is 0 Å². The second-order valence-electron chi connectivity index (χ2n) is 7.31. The zero-order valence-corrected chi connectivity index (χ0v) is 18.0. The number of rotatable bonds is 10. The Morgan fingerprint density at radius 1 is 1.14 bits per heavy atom. The van der Waals surface area contributed by atoms with Crippen molar-refractivity contribution >= 4 is 28.7 Å². The molecule has 0 spiro atoms. The molecule has 0 amide bonds. The van der Waals surface area contributed by atoms with Gasteiger partial charge in [0.05, 0.1) is 0 Å². The van der Waals surface area contributed by atoms with E-state index in [4.69, 9.17) is 12.2 Å². The second kappa shape index (κ2) is 10.1. The van der Waals surface area contributed by atoms with Crippen LogP contribution in [0.15, 0.2) is 91.1 Å². The second-order valence-corrected chi connectivity index (χ2v) is 8.00. The molecular formula is C27H30S. The molecule has 28 heavy (non-hydrogen) atoms. The maximum atomic E-state index is 5.30. The molecule has 1 aliphatic carbocycles. The lowest BCUT2D eigenvalue weighted by molar-refractivity contribution is 0.990. The Morgan fingerprint density at radius 2 is 1.89 bits per heavy atom. The van der Waals surface area contributed by atoms with Crippen LogP contribution in [-0.4, -0.2) is 4.86 Å². The van der Waals surface area contributed by atoms with Crippen LogP contribution in [0.3, 0.4) is 0 Å². The van der Waals surface area contributed by atoms with Gasteiger partial charge in [0.2, 0.25) is 0 Å². The van der Waals surface area contributed by atoms with Crippen LogP contribution >= 0.6 is 12.2 Å². The Morgan fingerprint density at radius 3 is 2.54 bits per heavy atom. The molecule has 144 valence electrons. The van der Waals surface area contributed by atoms with Crippen molar-refractivity contribution in [2.24, 2.45) is 0 Å². The first kappa shape index (κ1) is 21.8. The lowest BCUT2D eigenvalue weighted by Gasteiger charge is -2.15. The summed E-state index contributed by atoms with van der Waals surface area (Å²) in [7, 11) is 0. The van der Waals surface area contributed by atoms with E-state index in [1.54, 1.807) is 0 Å². The monoisotopic (exact) mass is 386 g/mol. The third-order valence-electron chi connectivity index (χ3n) is 5.04. The number of hydrogen-bond donors (Lipinski definition) is 0. The van der Waals surface area contributed by atoms with E-state index in [9.17, 15) is 0 Å². The fraction of sp³-hybridized carbons (Fsp3) is 0.222. The summed E-state index contributed by atoms with van der Waals surface area (Å²) in [4.78, 5) is 0.948. The lowest BCUT2D eigenvalue weighted by atomic mass is 9.90. The zero-order chi connectivity index (χ0) is 20.7. The minimum Gasteiger partial charge on any atom is -0.103 e. The molecule has 1 heteroatoms. The summed E-state index contributed by atoms with van der Waals surface area (Å²) < 4.78 is 0. The summed E-state index contributed by atoms with van der Waals surface area (Å²) in [6.07, 6.45) is 13.9. The Hall–Kier alpha value is -2.51. The Balaban J connectivity index is 2.25. The number of hydrogen-bond acceptors (Lipinski definition) is 1. The van der Waals surface area contributed by atoms with Gasteiger partial charge in [-0.15, -0.1) is 6.58 Å². The van der Waals surface area contributed by atoms with Crippen LogP contribution in [0.1, 0.15) is 49.3 Å². The van der Waals surface area contributed by atoms with E-state index in [0.717, 1.165) is 47.3 Å². The smallest absolute Gasteiger partial charge is 0.00355 e. The van der Waals surface area contributed by atoms with Gasteiger partial charge in [-0.2, -0.15) is 0 Å². The van der Waals surface area contributed by atoms with E-state index >= 15 is 0 Å². The quantitative estimate of drug-likeness (QED) is 0.222. The summed E-state index contributed by atoms with van der Waals surface area (Å²) in [6.45, 7) is 20.5. The van der Waals surface area contributed by atoms with Crippen LogP contribution in [0, 0.1) is 6.92 Å². The van der Waals surface area contributed by atoms with E-state index in [1.165, 1.54) is 27.8 Å². The van der Waals surface area contributed by atoms with Crippen LogP contribution in [0.5, 0.6) is 0 Å². The van der Waals surface area contributed by atoms with Crippen molar-refractivity contribution in [1.82, 2.24) is 0 Å². The largest absolute Gasteiger partial charge is 0.103 e. The molecule has 0 atom stereocenters. The predicted octanol–water partition coefficient (Wildman–Crippen LogP) is 8.14. The standard InChI is InChI=1S/C27H30S/c1-7-9-11-19(3)27(20(4)16-21(5)28)18-23-14-15-25(17-23)26-13-10-12-24(8-2)22(26)6/h7-8,10,12-15,18H,1-4,9,11,16-17H2,5-6H3/b27-18-. The average molecular weight is 387 g/mol. The topological polar surface area (TPSA) is 0 Å². The Bertz CT molecular complexity index is 916. The molecule has 0 saturated carbocycles. The number of thiocarbonyl (C=S) groups is 1. The van der Waals surface area contributed by atoms with Crippen molar-refractivity contribution in [2.45, 2.75) is 39.5 Å². The van der Waals surface area contributed by atoms with Crippen LogP contribution in [0.4, 0.5) is 0 Å². The van der Waals surface area contributed by atoms with E-state index in [0.29, 0.717) is 0 Å². The van der Waals surface area contributed by atoms with Crippen LogP contribution in [0.2, 0.25) is 0 Å². The van der Waals surface area contributed by atoms with E-state index in [2.05, 4.69) is 69.7 Å². The minimum absolute atomic E-state index is 0.725. The highest BCUT2D eigenvalue weighted by atomic mass is 32.1. The van der Waals surface area contributed by atoms with Crippen molar-refractivity contribution in [1.29, 1.82) is 0 Å². The van der Waals surface area contributed by atoms with Crippen molar-refractivity contribution in [2.75, 3.05) is 0 Å². The first-order valence-corrected chi connectivity index (χ1v) is 10.1. The molecule has 0 heterocycles. The third kappa shape index (κ3) is 5.50. The van der Waals surface area contributed by atoms with E-state index < -0.39 is 0 Å². The van der Waals surface area contributed by atoms with Gasteiger partial charge >= 0.3 is 0 Å². The van der Waals surface area contributed by atoms with Crippen molar-refractivity contribution in [3.8, 4) is 0 Å². The number of benzene rings is 1. The van der Waals surface area contributed by atoms with Crippen molar-refractivity contribution < 1.29 is 0 Å². The third-order valence-corrected chi connectivity index (χ3v) is 5.18. The van der Waals surface area contributed by atoms with Gasteiger partial charge < -0.3 is 0 Å². The average Bonchev–Trinajstić information content (AvgIpc) is 3.12. The van der Waals surface area contributed by atoms with Crippen LogP contribution in [0.25, 0.3) is 11.6 Å². The Kier molecular flexibility index (Phi) is 7.90. The van der Waals surface area contributed by atoms with Crippen LogP contribution < -0.4 is 0 Å². The lowest BCUT2D eigenvalue weighted by Crippen LogP contribution is -1.98. The fourth-order valence-electron chi connectivity index (χ4n) is 3.50. The molecule has 0 saturated heterocycles. The highest BCUT2D eigenvalue weighted by molar-refractivity contribution is 7.80. The molecule has 0 nitrogen and oxygen atoms in total. The molecule has 1 aromatic rings. The summed E-state index contributed by atoms with van der Waals surface area (Å²) in [6, 6.07) is 6.39. The molecule has 0 aliphatic heterocycles. The molecule has 0 aromatic heterocycles. The number of allylic oxidation sites excluding steroid dienone is 9. The summed E-state index contributed by atoms with van der Waals surface area (Å²) in [5, 5.41) is 0. The molecular weight excluding hydrogens is 356 g/mol. The molecule has 1 aromatic carbocycles. The van der Waals surface area contributed by atoms with Gasteiger partial charge in [0.1, 0.15) is 0 Å². The van der Waals surface area contributed by atoms with Gasteiger partial charge in [0.25, 0.3) is 0 Å². The molecule has 0 bridgehead atoms. The first-order chi connectivity index (χ1) is 13.4. The van der Waals surface area contributed by atoms with Crippen molar-refractivity contribution in [3.63, 3.8) is 0 Å². The van der Waals surface area contributed by atoms with E-state index in [1.807, 2.05) is 19.1 Å². The summed E-state index contributed by atoms with van der Waals surface area (Å²) in [5.74, 6) is 0. The predicted molar refractivity (Wildman–Crippen MR) is 131 cm³/mol. The first-order valence-electron chi connectivity index (χ1n) is 9.67. The molecule has 1 aliphatic rings. The highest BCUT2D eigenvalue weighted by Gasteiger charge is 2.15. The Labute approximate surface area is 176 Å². The summed E-state index contributed by atoms with van der Waals surface area (Å²) in [5.41, 5.74) is 9.63. The van der Waals surface area contributed by atoms with Gasteiger partial charge in [-0.3, -0.25) is 0 Å². The van der Waals surface area contributed by atoms with Gasteiger partial charge in [-0.1, -0.05) is 80.5 Å². The minimum atomic E-state index is 0.725. The maximum absolute atomic E-state index is 5.30. The van der Waals surface area contributed by atoms with Crippen LogP contribution in [-0.2, 0) is 0 Å². The van der Waals surface area contributed by atoms with Gasteiger partial charge in [0, 0.05) is 6.42 Å². The van der Waals surface area contributed by atoms with Crippen molar-refractivity contribution in [3.05, 3.63) is 108 Å². The molecule has 2 rings (SSSR count). The summed E-state index contributed by atoms with van der Waals surface area (Å²) >= 11 is 5.30. The molecule has 0 N–H and O–H groups in total. The molecule has 0 radical (unpaired) electrons. The van der Waals surface area contributed by atoms with Gasteiger partial charge in [-0.05, 0) is 82.5 Å². The highest BCUT2D eigenvalue weighted by Crippen LogP contribution is 2.34. The van der Waals surface area contributed by atoms with Gasteiger partial charge in [0.15, 0.2) is 0 Å². The SMILES string of the molecule is C=CCCC(=C)/C(=C/C1=CC=C(c2cccc(C=C)c2C)C1)C(=C)CC(C)=S. The van der Waals surface area contributed by atoms with Gasteiger partial charge in [-0.25, -0.2) is 0 Å². The normalized spacial score (nSPS) is 13.6. The molecule has 0 unspecified atom stereocenters. The molecule has 0 fully saturated rings. The fourth-order valence-corrected chi connectivity index (χ4v) is 3.67.